The monoisotopic (exact) mass is 467 g/mol. The molecule has 32 heavy (non-hydrogen) atoms. The van der Waals surface area contributed by atoms with E-state index in [-0.39, 0.29) is 24.2 Å². The van der Waals surface area contributed by atoms with Crippen molar-refractivity contribution in [3.05, 3.63) is 48.2 Å². The third kappa shape index (κ3) is 5.09. The zero-order chi connectivity index (χ0) is 22.7. The van der Waals surface area contributed by atoms with Crippen molar-refractivity contribution in [2.45, 2.75) is 17.3 Å². The van der Waals surface area contributed by atoms with Gasteiger partial charge in [0.2, 0.25) is 12.0 Å². The Hall–Kier alpha value is -2.95. The van der Waals surface area contributed by atoms with Crippen LogP contribution in [0.3, 0.4) is 0 Å². The van der Waals surface area contributed by atoms with Crippen LogP contribution in [0.2, 0.25) is 0 Å². The summed E-state index contributed by atoms with van der Waals surface area (Å²) in [4.78, 5) is 32.3. The van der Waals surface area contributed by atoms with E-state index in [1.807, 2.05) is 6.07 Å². The van der Waals surface area contributed by atoms with Crippen molar-refractivity contribution in [3.63, 3.8) is 0 Å². The van der Waals surface area contributed by atoms with Gasteiger partial charge in [-0.3, -0.25) is 9.59 Å². The predicted octanol–water partition coefficient (Wildman–Crippen LogP) is 2.70. The first-order chi connectivity index (χ1) is 15.3. The average Bonchev–Trinajstić information content (AvgIpc) is 2.81. The Morgan fingerprint density at radius 3 is 2.38 bits per heavy atom. The van der Waals surface area contributed by atoms with Crippen molar-refractivity contribution in [1.82, 2.24) is 14.8 Å². The number of hydrogen-bond acceptors (Lipinski definition) is 6. The fourth-order valence-electron chi connectivity index (χ4n) is 3.38. The molecule has 1 aromatic heterocycles. The molecule has 4 rings (SSSR count). The first-order valence-corrected chi connectivity index (χ1v) is 10.9. The van der Waals surface area contributed by atoms with Crippen LogP contribution in [0.5, 0.6) is 11.5 Å². The van der Waals surface area contributed by atoms with Crippen LogP contribution in [0.1, 0.15) is 5.56 Å². The highest BCUT2D eigenvalue weighted by molar-refractivity contribution is 7.99. The summed E-state index contributed by atoms with van der Waals surface area (Å²) in [6.45, 7) is 1.61. The van der Waals surface area contributed by atoms with Crippen LogP contribution in [0.15, 0.2) is 47.6 Å². The number of rotatable bonds is 4. The van der Waals surface area contributed by atoms with Gasteiger partial charge in [-0.15, -0.1) is 0 Å². The molecule has 0 unspecified atom stereocenters. The highest BCUT2D eigenvalue weighted by atomic mass is 32.2. The normalized spacial score (nSPS) is 18.4. The van der Waals surface area contributed by atoms with Gasteiger partial charge >= 0.3 is 6.18 Å². The Bertz CT molecular complexity index is 979. The molecule has 0 saturated carbocycles. The van der Waals surface area contributed by atoms with Crippen molar-refractivity contribution >= 4 is 23.6 Å². The van der Waals surface area contributed by atoms with Gasteiger partial charge in [-0.25, -0.2) is 4.98 Å². The number of nitrogens with zero attached hydrogens (tertiary/aromatic N) is 3. The third-order valence-electron chi connectivity index (χ3n) is 5.14. The zero-order valence-electron chi connectivity index (χ0n) is 16.9. The first kappa shape index (κ1) is 22.3. The third-order valence-corrected chi connectivity index (χ3v) is 6.06. The van der Waals surface area contributed by atoms with E-state index in [0.717, 1.165) is 24.0 Å². The number of benzene rings is 1. The van der Waals surface area contributed by atoms with E-state index in [4.69, 9.17) is 9.47 Å². The van der Waals surface area contributed by atoms with E-state index in [9.17, 15) is 22.8 Å². The summed E-state index contributed by atoms with van der Waals surface area (Å²) in [5.41, 5.74) is -0.829. The number of alkyl halides is 3. The van der Waals surface area contributed by atoms with Crippen molar-refractivity contribution in [3.8, 4) is 11.5 Å². The number of aromatic nitrogens is 1. The smallest absolute Gasteiger partial charge is 0.417 e. The molecule has 2 aliphatic heterocycles. The molecule has 0 spiro atoms. The van der Waals surface area contributed by atoms with Crippen molar-refractivity contribution < 1.29 is 32.2 Å². The summed E-state index contributed by atoms with van der Waals surface area (Å²) in [6, 6.07) is 9.35. The summed E-state index contributed by atoms with van der Waals surface area (Å²) >= 11 is 1.08. The maximum atomic E-state index is 12.8. The fraction of sp³-hybridized carbons (Fsp3) is 0.381. The Kier molecular flexibility index (Phi) is 6.45. The lowest BCUT2D eigenvalue weighted by atomic mass is 10.2. The summed E-state index contributed by atoms with van der Waals surface area (Å²) in [6.07, 6.45) is -4.41. The molecular formula is C21H20F3N3O4S. The molecule has 2 aliphatic rings. The molecule has 2 amide bonds. The Morgan fingerprint density at radius 1 is 1.03 bits per heavy atom. The minimum atomic E-state index is -4.44. The van der Waals surface area contributed by atoms with Gasteiger partial charge in [-0.2, -0.15) is 13.2 Å². The van der Waals surface area contributed by atoms with E-state index in [1.54, 1.807) is 28.0 Å². The van der Waals surface area contributed by atoms with Crippen LogP contribution < -0.4 is 9.47 Å². The number of fused-ring (bicyclic) bond motifs is 1. The molecule has 1 saturated heterocycles. The van der Waals surface area contributed by atoms with Gasteiger partial charge in [-0.05, 0) is 24.3 Å². The summed E-state index contributed by atoms with van der Waals surface area (Å²) in [7, 11) is 0. The van der Waals surface area contributed by atoms with Gasteiger partial charge < -0.3 is 19.3 Å². The topological polar surface area (TPSA) is 72.0 Å². The number of pyridine rings is 1. The van der Waals surface area contributed by atoms with Crippen LogP contribution in [0.25, 0.3) is 0 Å². The summed E-state index contributed by atoms with van der Waals surface area (Å²) < 4.78 is 49.2. The standard InChI is InChI=1S/C21H20F3N3O4S/c22-21(23,24)14-5-6-18(25-11-14)32-13-19(28)26-7-9-27(10-8-26)20(29)17-12-30-15-3-1-2-4-16(15)31-17/h1-6,11,17H,7-10,12-13H2/t17-/m0/s1. The van der Waals surface area contributed by atoms with Crippen LogP contribution in [-0.4, -0.2) is 71.2 Å². The minimum Gasteiger partial charge on any atom is -0.485 e. The number of thioether (sulfide) groups is 1. The maximum absolute atomic E-state index is 12.8. The summed E-state index contributed by atoms with van der Waals surface area (Å²) in [5, 5.41) is 0.342. The van der Waals surface area contributed by atoms with E-state index >= 15 is 0 Å². The molecule has 0 radical (unpaired) electrons. The van der Waals surface area contributed by atoms with E-state index < -0.39 is 17.8 Å². The van der Waals surface area contributed by atoms with Gasteiger partial charge in [0.05, 0.1) is 16.3 Å². The van der Waals surface area contributed by atoms with Crippen LogP contribution >= 0.6 is 11.8 Å². The molecular weight excluding hydrogens is 447 g/mol. The second kappa shape index (κ2) is 9.27. The lowest BCUT2D eigenvalue weighted by Gasteiger charge is -2.37. The molecule has 0 N–H and O–H groups in total. The highest BCUT2D eigenvalue weighted by Crippen LogP contribution is 2.32. The van der Waals surface area contributed by atoms with Gasteiger partial charge in [0, 0.05) is 32.4 Å². The van der Waals surface area contributed by atoms with E-state index in [1.165, 1.54) is 6.07 Å². The molecule has 0 bridgehead atoms. The molecule has 1 fully saturated rings. The second-order valence-corrected chi connectivity index (χ2v) is 8.24. The highest BCUT2D eigenvalue weighted by Gasteiger charge is 2.33. The van der Waals surface area contributed by atoms with Gasteiger partial charge in [-0.1, -0.05) is 23.9 Å². The molecule has 1 aromatic carbocycles. The SMILES string of the molecule is O=C(CSc1ccc(C(F)(F)F)cn1)N1CCN(C(=O)[C@@H]2COc3ccccc3O2)CC1. The Labute approximate surface area is 186 Å². The van der Waals surface area contributed by atoms with Gasteiger partial charge in [0.1, 0.15) is 6.61 Å². The largest absolute Gasteiger partial charge is 0.485 e. The number of ether oxygens (including phenoxy) is 2. The van der Waals surface area contributed by atoms with Crippen molar-refractivity contribution in [2.24, 2.45) is 0 Å². The number of hydrogen-bond donors (Lipinski definition) is 0. The number of carbonyl (C=O) groups is 2. The number of carbonyl (C=O) groups excluding carboxylic acids is 2. The molecule has 3 heterocycles. The van der Waals surface area contributed by atoms with Crippen LogP contribution in [-0.2, 0) is 15.8 Å². The van der Waals surface area contributed by atoms with Gasteiger partial charge in [0.25, 0.3) is 5.91 Å². The van der Waals surface area contributed by atoms with Gasteiger partial charge in [0.15, 0.2) is 11.5 Å². The van der Waals surface area contributed by atoms with Crippen molar-refractivity contribution in [1.29, 1.82) is 0 Å². The molecule has 7 nitrogen and oxygen atoms in total. The molecule has 170 valence electrons. The average molecular weight is 467 g/mol. The Morgan fingerprint density at radius 2 is 1.72 bits per heavy atom. The maximum Gasteiger partial charge on any atom is 0.417 e. The molecule has 2 aromatic rings. The minimum absolute atomic E-state index is 0.0582. The van der Waals surface area contributed by atoms with Crippen LogP contribution in [0.4, 0.5) is 13.2 Å². The lowest BCUT2D eigenvalue weighted by molar-refractivity contribution is -0.145. The number of halogens is 3. The number of amides is 2. The molecule has 0 aliphatic carbocycles. The predicted molar refractivity (Wildman–Crippen MR) is 109 cm³/mol. The number of piperazine rings is 1. The van der Waals surface area contributed by atoms with E-state index in [2.05, 4.69) is 4.98 Å². The van der Waals surface area contributed by atoms with E-state index in [0.29, 0.717) is 42.7 Å². The van der Waals surface area contributed by atoms with Crippen molar-refractivity contribution in [2.75, 3.05) is 38.5 Å². The molecule has 11 heteroatoms. The Balaban J connectivity index is 1.24. The number of para-hydroxylation sites is 2. The fourth-order valence-corrected chi connectivity index (χ4v) is 4.13. The quantitative estimate of drug-likeness (QED) is 0.644. The lowest BCUT2D eigenvalue weighted by Crippen LogP contribution is -2.55. The molecule has 1 atom stereocenters. The summed E-state index contributed by atoms with van der Waals surface area (Å²) in [5.74, 6) is 0.847. The second-order valence-electron chi connectivity index (χ2n) is 7.24. The van der Waals surface area contributed by atoms with Crippen LogP contribution in [0, 0.1) is 0 Å². The zero-order valence-corrected chi connectivity index (χ0v) is 17.7. The first-order valence-electron chi connectivity index (χ1n) is 9.92.